The molecule has 0 bridgehead atoms. The zero-order valence-corrected chi connectivity index (χ0v) is 19.9. The Balaban J connectivity index is 1.70. The summed E-state index contributed by atoms with van der Waals surface area (Å²) < 4.78 is 37.4. The van der Waals surface area contributed by atoms with Crippen molar-refractivity contribution < 1.29 is 32.6 Å². The van der Waals surface area contributed by atoms with Gasteiger partial charge in [0.25, 0.3) is 5.91 Å². The van der Waals surface area contributed by atoms with Gasteiger partial charge in [-0.2, -0.15) is 4.31 Å². The van der Waals surface area contributed by atoms with E-state index in [4.69, 9.17) is 21.1 Å². The highest BCUT2D eigenvalue weighted by Crippen LogP contribution is 2.29. The highest BCUT2D eigenvalue weighted by molar-refractivity contribution is 7.89. The molecule has 0 aromatic heterocycles. The molecule has 2 N–H and O–H groups in total. The monoisotopic (exact) mass is 496 g/mol. The van der Waals surface area contributed by atoms with Crippen molar-refractivity contribution in [3.63, 3.8) is 0 Å². The molecule has 1 aliphatic rings. The third kappa shape index (κ3) is 5.64. The third-order valence-corrected chi connectivity index (χ3v) is 7.48. The molecule has 0 aliphatic carbocycles. The number of carbonyl (C=O) groups excluding carboxylic acids is 2. The lowest BCUT2D eigenvalue weighted by molar-refractivity contribution is -0.150. The minimum Gasteiger partial charge on any atom is -0.495 e. The second kappa shape index (κ2) is 10.1. The first-order chi connectivity index (χ1) is 15.5. The van der Waals surface area contributed by atoms with Crippen molar-refractivity contribution in [3.8, 4) is 5.75 Å². The maximum absolute atomic E-state index is 13.1. The number of aliphatic hydroxyl groups excluding tert-OH is 1. The van der Waals surface area contributed by atoms with E-state index in [9.17, 15) is 23.1 Å². The standard InChI is InChI=1S/C22H25ClN2O7S/c1-13-4-6-17(8-14(13)2)33(29,30)25-11-16(26)10-19(25)22(28)32-12-21(27)24-18-9-15(23)5-7-20(18)31-3/h4-9,16,19,26H,10-12H2,1-3H3,(H,24,27). The number of nitrogens with one attached hydrogen (secondary N) is 1. The molecular formula is C22H25ClN2O7S. The van der Waals surface area contributed by atoms with E-state index in [0.29, 0.717) is 16.5 Å². The Bertz CT molecular complexity index is 1170. The van der Waals surface area contributed by atoms with Crippen molar-refractivity contribution in [2.24, 2.45) is 0 Å². The van der Waals surface area contributed by atoms with Crippen LogP contribution in [0.5, 0.6) is 5.75 Å². The number of hydrogen-bond acceptors (Lipinski definition) is 7. The number of anilines is 1. The molecular weight excluding hydrogens is 472 g/mol. The number of esters is 1. The molecule has 0 saturated carbocycles. The fourth-order valence-electron chi connectivity index (χ4n) is 3.47. The van der Waals surface area contributed by atoms with Gasteiger partial charge >= 0.3 is 5.97 Å². The second-order valence-electron chi connectivity index (χ2n) is 7.73. The van der Waals surface area contributed by atoms with Crippen LogP contribution >= 0.6 is 11.6 Å². The summed E-state index contributed by atoms with van der Waals surface area (Å²) in [5, 5.41) is 13.0. The fraction of sp³-hybridized carbons (Fsp3) is 0.364. The van der Waals surface area contributed by atoms with Crippen molar-refractivity contribution in [1.82, 2.24) is 4.31 Å². The summed E-state index contributed by atoms with van der Waals surface area (Å²) in [6.45, 7) is 2.74. The summed E-state index contributed by atoms with van der Waals surface area (Å²) in [6.07, 6.45) is -1.17. The molecule has 2 atom stereocenters. The van der Waals surface area contributed by atoms with Crippen LogP contribution in [0.3, 0.4) is 0 Å². The van der Waals surface area contributed by atoms with Gasteiger partial charge in [0.1, 0.15) is 11.8 Å². The average Bonchev–Trinajstić information content (AvgIpc) is 3.16. The fourth-order valence-corrected chi connectivity index (χ4v) is 5.36. The molecule has 1 heterocycles. The van der Waals surface area contributed by atoms with E-state index in [0.717, 1.165) is 15.4 Å². The van der Waals surface area contributed by atoms with Gasteiger partial charge in [-0.15, -0.1) is 0 Å². The summed E-state index contributed by atoms with van der Waals surface area (Å²) in [5.74, 6) is -1.22. The van der Waals surface area contributed by atoms with E-state index in [2.05, 4.69) is 5.32 Å². The van der Waals surface area contributed by atoms with Gasteiger partial charge in [-0.05, 0) is 55.3 Å². The quantitative estimate of drug-likeness (QED) is 0.564. The summed E-state index contributed by atoms with van der Waals surface area (Å²) in [6, 6.07) is 8.04. The van der Waals surface area contributed by atoms with Crippen molar-refractivity contribution >= 4 is 39.2 Å². The van der Waals surface area contributed by atoms with E-state index in [-0.39, 0.29) is 17.9 Å². The number of methoxy groups -OCH3 is 1. The zero-order chi connectivity index (χ0) is 24.3. The molecule has 11 heteroatoms. The Morgan fingerprint density at radius 2 is 1.91 bits per heavy atom. The van der Waals surface area contributed by atoms with Gasteiger partial charge in [0, 0.05) is 18.0 Å². The van der Waals surface area contributed by atoms with E-state index >= 15 is 0 Å². The number of amides is 1. The molecule has 178 valence electrons. The Kier molecular flexibility index (Phi) is 7.63. The number of rotatable bonds is 7. The zero-order valence-electron chi connectivity index (χ0n) is 18.4. The van der Waals surface area contributed by atoms with Crippen LogP contribution in [-0.2, 0) is 24.3 Å². The molecule has 2 unspecified atom stereocenters. The SMILES string of the molecule is COc1ccc(Cl)cc1NC(=O)COC(=O)C1CC(O)CN1S(=O)(=O)c1ccc(C)c(C)c1. The number of carbonyl (C=O) groups is 2. The van der Waals surface area contributed by atoms with Gasteiger partial charge in [0.15, 0.2) is 6.61 Å². The molecule has 0 radical (unpaired) electrons. The van der Waals surface area contributed by atoms with Crippen LogP contribution in [0.1, 0.15) is 17.5 Å². The van der Waals surface area contributed by atoms with Crippen LogP contribution < -0.4 is 10.1 Å². The van der Waals surface area contributed by atoms with Crippen LogP contribution in [0.15, 0.2) is 41.3 Å². The topological polar surface area (TPSA) is 122 Å². The summed E-state index contributed by atoms with van der Waals surface area (Å²) in [7, 11) is -2.64. The predicted molar refractivity (Wildman–Crippen MR) is 122 cm³/mol. The Labute approximate surface area is 197 Å². The molecule has 2 aromatic carbocycles. The number of hydrogen-bond donors (Lipinski definition) is 2. The average molecular weight is 497 g/mol. The van der Waals surface area contributed by atoms with Gasteiger partial charge in [-0.1, -0.05) is 17.7 Å². The van der Waals surface area contributed by atoms with E-state index < -0.39 is 40.7 Å². The normalized spacial score (nSPS) is 18.7. The second-order valence-corrected chi connectivity index (χ2v) is 10.1. The Morgan fingerprint density at radius 1 is 1.18 bits per heavy atom. The number of β-amino-alcohol motifs (C(OH)–C–C–N with tert-alkyl or cyclic N) is 1. The first-order valence-corrected chi connectivity index (χ1v) is 11.9. The smallest absolute Gasteiger partial charge is 0.325 e. The van der Waals surface area contributed by atoms with Gasteiger partial charge in [0.05, 0.1) is 23.8 Å². The number of aryl methyl sites for hydroxylation is 2. The lowest BCUT2D eigenvalue weighted by Gasteiger charge is -2.22. The van der Waals surface area contributed by atoms with Gasteiger partial charge in [0.2, 0.25) is 10.0 Å². The first-order valence-electron chi connectivity index (χ1n) is 10.1. The molecule has 33 heavy (non-hydrogen) atoms. The van der Waals surface area contributed by atoms with E-state index in [1.54, 1.807) is 25.1 Å². The van der Waals surface area contributed by atoms with Crippen molar-refractivity contribution in [2.75, 3.05) is 25.6 Å². The van der Waals surface area contributed by atoms with E-state index in [1.807, 2.05) is 6.92 Å². The number of aliphatic hydroxyl groups is 1. The summed E-state index contributed by atoms with van der Waals surface area (Å²) in [4.78, 5) is 25.0. The van der Waals surface area contributed by atoms with Gasteiger partial charge in [-0.3, -0.25) is 9.59 Å². The molecule has 2 aromatic rings. The largest absolute Gasteiger partial charge is 0.495 e. The van der Waals surface area contributed by atoms with Crippen LogP contribution in [-0.4, -0.2) is 62.1 Å². The highest BCUT2D eigenvalue weighted by atomic mass is 35.5. The lowest BCUT2D eigenvalue weighted by atomic mass is 10.1. The van der Waals surface area contributed by atoms with Crippen LogP contribution in [0.25, 0.3) is 0 Å². The highest BCUT2D eigenvalue weighted by Gasteiger charge is 2.44. The number of halogens is 1. The molecule has 0 spiro atoms. The molecule has 1 amide bonds. The first kappa shape index (κ1) is 25.0. The minimum absolute atomic E-state index is 0.0169. The maximum atomic E-state index is 13.1. The maximum Gasteiger partial charge on any atom is 0.325 e. The summed E-state index contributed by atoms with van der Waals surface area (Å²) >= 11 is 5.93. The van der Waals surface area contributed by atoms with Gasteiger partial charge < -0.3 is 19.9 Å². The van der Waals surface area contributed by atoms with Gasteiger partial charge in [-0.25, -0.2) is 8.42 Å². The van der Waals surface area contributed by atoms with Crippen molar-refractivity contribution in [1.29, 1.82) is 0 Å². The predicted octanol–water partition coefficient (Wildman–Crippen LogP) is 2.27. The van der Waals surface area contributed by atoms with Crippen molar-refractivity contribution in [2.45, 2.75) is 37.3 Å². The molecule has 3 rings (SSSR count). The molecule has 1 aliphatic heterocycles. The number of ether oxygens (including phenoxy) is 2. The summed E-state index contributed by atoms with van der Waals surface area (Å²) in [5.41, 5.74) is 2.00. The van der Waals surface area contributed by atoms with Crippen molar-refractivity contribution in [3.05, 3.63) is 52.5 Å². The number of sulfonamides is 1. The van der Waals surface area contributed by atoms with Crippen LogP contribution in [0.2, 0.25) is 5.02 Å². The Morgan fingerprint density at radius 3 is 2.58 bits per heavy atom. The molecule has 1 fully saturated rings. The number of benzene rings is 2. The van der Waals surface area contributed by atoms with Crippen LogP contribution in [0.4, 0.5) is 5.69 Å². The Hall–Kier alpha value is -2.66. The molecule has 9 nitrogen and oxygen atoms in total. The third-order valence-electron chi connectivity index (χ3n) is 5.37. The number of nitrogens with zero attached hydrogens (tertiary/aromatic N) is 1. The lowest BCUT2D eigenvalue weighted by Crippen LogP contribution is -2.42. The van der Waals surface area contributed by atoms with E-state index in [1.165, 1.54) is 25.3 Å². The minimum atomic E-state index is -4.07. The molecule has 1 saturated heterocycles. The van der Waals surface area contributed by atoms with Crippen LogP contribution in [0, 0.1) is 13.8 Å².